The van der Waals surface area contributed by atoms with Crippen molar-refractivity contribution in [3.63, 3.8) is 0 Å². The van der Waals surface area contributed by atoms with Gasteiger partial charge in [-0.3, -0.25) is 0 Å². The van der Waals surface area contributed by atoms with Gasteiger partial charge >= 0.3 is 6.18 Å². The van der Waals surface area contributed by atoms with E-state index in [2.05, 4.69) is 10.5 Å². The number of nitrogens with two attached hydrogens (primary N) is 1. The molecule has 4 N–H and O–H groups in total. The fourth-order valence-electron chi connectivity index (χ4n) is 1.25. The molecule has 0 spiro atoms. The van der Waals surface area contributed by atoms with E-state index in [1.54, 1.807) is 0 Å². The van der Waals surface area contributed by atoms with E-state index in [1.807, 2.05) is 0 Å². The number of hydrogen-bond acceptors (Lipinski definition) is 3. The van der Waals surface area contributed by atoms with Crippen molar-refractivity contribution < 1.29 is 18.4 Å². The van der Waals surface area contributed by atoms with Gasteiger partial charge in [-0.2, -0.15) is 13.2 Å². The summed E-state index contributed by atoms with van der Waals surface area (Å²) in [4.78, 5) is 0. The summed E-state index contributed by atoms with van der Waals surface area (Å²) < 4.78 is 37.8. The average molecular weight is 282 g/mol. The molecule has 18 heavy (non-hydrogen) atoms. The zero-order chi connectivity index (χ0) is 13.8. The predicted molar refractivity (Wildman–Crippen MR) is 62.9 cm³/mol. The Kier molecular flexibility index (Phi) is 4.66. The first-order valence-corrected chi connectivity index (χ1v) is 5.26. The minimum absolute atomic E-state index is 0.458. The Balaban J connectivity index is 2.71. The van der Waals surface area contributed by atoms with Gasteiger partial charge in [0, 0.05) is 17.3 Å². The second-order valence-corrected chi connectivity index (χ2v) is 3.94. The largest absolute Gasteiger partial charge is 0.409 e. The molecule has 1 aromatic carbocycles. The van der Waals surface area contributed by atoms with Crippen molar-refractivity contribution in [2.75, 3.05) is 11.9 Å². The van der Waals surface area contributed by atoms with Gasteiger partial charge < -0.3 is 16.3 Å². The lowest BCUT2D eigenvalue weighted by molar-refractivity contribution is -0.152. The summed E-state index contributed by atoms with van der Waals surface area (Å²) in [6.45, 7) is -0.527. The highest BCUT2D eigenvalue weighted by molar-refractivity contribution is 6.30. The van der Waals surface area contributed by atoms with Crippen LogP contribution in [-0.4, -0.2) is 23.8 Å². The number of oxime groups is 1. The number of rotatable bonds is 4. The van der Waals surface area contributed by atoms with Crippen LogP contribution < -0.4 is 11.1 Å². The van der Waals surface area contributed by atoms with Gasteiger partial charge in [0.2, 0.25) is 0 Å². The average Bonchev–Trinajstić information content (AvgIpc) is 2.29. The highest BCUT2D eigenvalue weighted by Crippen LogP contribution is 2.27. The van der Waals surface area contributed by atoms with Crippen LogP contribution >= 0.6 is 11.6 Å². The smallest absolute Gasteiger partial charge is 0.400 e. The number of benzene rings is 1. The fourth-order valence-corrected chi connectivity index (χ4v) is 1.37. The molecule has 0 saturated carbocycles. The summed E-state index contributed by atoms with van der Waals surface area (Å²) in [6.07, 6.45) is -4.59. The molecular formula is C10H11ClF3N3O. The molecule has 1 aromatic rings. The fraction of sp³-hybridized carbons (Fsp3) is 0.300. The molecule has 1 atom stereocenters. The van der Waals surface area contributed by atoms with Crippen LogP contribution in [-0.2, 0) is 0 Å². The monoisotopic (exact) mass is 281 g/mol. The maximum Gasteiger partial charge on any atom is 0.400 e. The van der Waals surface area contributed by atoms with Crippen molar-refractivity contribution >= 4 is 23.1 Å². The van der Waals surface area contributed by atoms with Gasteiger partial charge in [0.05, 0.1) is 0 Å². The number of nitrogens with one attached hydrogen (secondary N) is 1. The third kappa shape index (κ3) is 3.99. The van der Waals surface area contributed by atoms with Gasteiger partial charge in [-0.25, -0.2) is 0 Å². The van der Waals surface area contributed by atoms with Gasteiger partial charge in [0.25, 0.3) is 0 Å². The lowest BCUT2D eigenvalue weighted by Crippen LogP contribution is -2.40. The minimum Gasteiger partial charge on any atom is -0.409 e. The molecule has 0 aliphatic rings. The maximum absolute atomic E-state index is 12.6. The molecule has 0 aliphatic heterocycles. The zero-order valence-corrected chi connectivity index (χ0v) is 9.83. The van der Waals surface area contributed by atoms with E-state index in [0.717, 1.165) is 0 Å². The maximum atomic E-state index is 12.6. The quantitative estimate of drug-likeness (QED) is 0.344. The van der Waals surface area contributed by atoms with Crippen LogP contribution in [0.5, 0.6) is 0 Å². The van der Waals surface area contributed by atoms with E-state index in [9.17, 15) is 13.2 Å². The lowest BCUT2D eigenvalue weighted by Gasteiger charge is -2.19. The van der Waals surface area contributed by atoms with Crippen LogP contribution in [0.4, 0.5) is 18.9 Å². The van der Waals surface area contributed by atoms with Crippen LogP contribution in [0.3, 0.4) is 0 Å². The van der Waals surface area contributed by atoms with Crippen LogP contribution in [0.2, 0.25) is 5.02 Å². The molecular weight excluding hydrogens is 271 g/mol. The number of anilines is 1. The zero-order valence-electron chi connectivity index (χ0n) is 9.08. The molecule has 0 fully saturated rings. The third-order valence-electron chi connectivity index (χ3n) is 2.22. The molecule has 100 valence electrons. The van der Waals surface area contributed by atoms with E-state index in [4.69, 9.17) is 22.5 Å². The topological polar surface area (TPSA) is 70.6 Å². The third-order valence-corrected chi connectivity index (χ3v) is 2.47. The van der Waals surface area contributed by atoms with Gasteiger partial charge in [-0.15, -0.1) is 0 Å². The molecule has 0 heterocycles. The summed E-state index contributed by atoms with van der Waals surface area (Å²) in [5, 5.41) is 13.7. The number of amidine groups is 1. The molecule has 8 heteroatoms. The van der Waals surface area contributed by atoms with Gasteiger partial charge in [0.1, 0.15) is 5.92 Å². The van der Waals surface area contributed by atoms with Crippen LogP contribution in [0, 0.1) is 5.92 Å². The van der Waals surface area contributed by atoms with Crippen molar-refractivity contribution in [1.29, 1.82) is 0 Å². The number of alkyl halides is 3. The predicted octanol–water partition coefficient (Wildman–Crippen LogP) is 2.68. The summed E-state index contributed by atoms with van der Waals surface area (Å²) in [5.74, 6) is -2.94. The van der Waals surface area contributed by atoms with E-state index in [-0.39, 0.29) is 0 Å². The first-order chi connectivity index (χ1) is 8.34. The molecule has 1 rings (SSSR count). The van der Waals surface area contributed by atoms with E-state index >= 15 is 0 Å². The number of hydrogen-bond donors (Lipinski definition) is 3. The molecule has 4 nitrogen and oxygen atoms in total. The van der Waals surface area contributed by atoms with E-state index in [1.165, 1.54) is 24.3 Å². The summed E-state index contributed by atoms with van der Waals surface area (Å²) in [6, 6.07) is 6.13. The number of nitrogens with zero attached hydrogens (tertiary/aromatic N) is 1. The van der Waals surface area contributed by atoms with Crippen molar-refractivity contribution in [3.8, 4) is 0 Å². The SMILES string of the molecule is N/C(=N/O)C(CNc1ccc(Cl)cc1)C(F)(F)F. The summed E-state index contributed by atoms with van der Waals surface area (Å²) in [7, 11) is 0. The molecule has 0 aliphatic carbocycles. The Morgan fingerprint density at radius 3 is 2.39 bits per heavy atom. The van der Waals surface area contributed by atoms with Crippen molar-refractivity contribution in [2.24, 2.45) is 16.8 Å². The first kappa shape index (κ1) is 14.4. The number of halogens is 4. The molecule has 0 bridgehead atoms. The highest BCUT2D eigenvalue weighted by atomic mass is 35.5. The summed E-state index contributed by atoms with van der Waals surface area (Å²) in [5.41, 5.74) is 5.47. The normalized spacial score (nSPS) is 14.3. The minimum atomic E-state index is -4.59. The van der Waals surface area contributed by atoms with Gasteiger partial charge in [0.15, 0.2) is 5.84 Å². The molecule has 0 saturated heterocycles. The second kappa shape index (κ2) is 5.81. The summed E-state index contributed by atoms with van der Waals surface area (Å²) >= 11 is 5.64. The Labute approximate surface area is 106 Å². The molecule has 0 radical (unpaired) electrons. The molecule has 0 amide bonds. The Morgan fingerprint density at radius 1 is 1.39 bits per heavy atom. The Morgan fingerprint density at radius 2 is 1.94 bits per heavy atom. The molecule has 0 aromatic heterocycles. The van der Waals surface area contributed by atoms with Crippen molar-refractivity contribution in [2.45, 2.75) is 6.18 Å². The van der Waals surface area contributed by atoms with Crippen LogP contribution in [0.15, 0.2) is 29.4 Å². The van der Waals surface area contributed by atoms with Gasteiger partial charge in [-0.1, -0.05) is 16.8 Å². The van der Waals surface area contributed by atoms with Crippen molar-refractivity contribution in [1.82, 2.24) is 0 Å². The molecule has 1 unspecified atom stereocenters. The van der Waals surface area contributed by atoms with Crippen molar-refractivity contribution in [3.05, 3.63) is 29.3 Å². The first-order valence-electron chi connectivity index (χ1n) is 4.88. The lowest BCUT2D eigenvalue weighted by atomic mass is 10.1. The highest BCUT2D eigenvalue weighted by Gasteiger charge is 2.42. The Bertz CT molecular complexity index is 419. The van der Waals surface area contributed by atoms with Crippen LogP contribution in [0.1, 0.15) is 0 Å². The Hall–Kier alpha value is -1.63. The standard InChI is InChI=1S/C10H11ClF3N3O/c11-6-1-3-7(4-2-6)16-5-8(9(15)17-18)10(12,13)14/h1-4,8,16,18H,5H2,(H2,15,17). The van der Waals surface area contributed by atoms with Crippen LogP contribution in [0.25, 0.3) is 0 Å². The van der Waals surface area contributed by atoms with E-state index < -0.39 is 24.5 Å². The van der Waals surface area contributed by atoms with E-state index in [0.29, 0.717) is 10.7 Å². The van der Waals surface area contributed by atoms with Gasteiger partial charge in [-0.05, 0) is 24.3 Å². The second-order valence-electron chi connectivity index (χ2n) is 3.51.